The van der Waals surface area contributed by atoms with Gasteiger partial charge in [0, 0.05) is 6.61 Å². The van der Waals surface area contributed by atoms with E-state index in [1.807, 2.05) is 0 Å². The third-order valence-electron chi connectivity index (χ3n) is 1.89. The molecule has 0 aromatic heterocycles. The first kappa shape index (κ1) is 7.07. The summed E-state index contributed by atoms with van der Waals surface area (Å²) in [5.74, 6) is 0.916. The number of ether oxygens (including phenoxy) is 1. The van der Waals surface area contributed by atoms with E-state index in [4.69, 9.17) is 4.74 Å². The molecule has 1 aliphatic rings. The van der Waals surface area contributed by atoms with Crippen molar-refractivity contribution >= 4 is 0 Å². The lowest BCUT2D eigenvalue weighted by molar-refractivity contribution is 0.0561. The Morgan fingerprint density at radius 1 is 1.56 bits per heavy atom. The van der Waals surface area contributed by atoms with Crippen molar-refractivity contribution in [1.82, 2.24) is 0 Å². The molecule has 0 N–H and O–H groups in total. The fourth-order valence-electron chi connectivity index (χ4n) is 0.703. The highest BCUT2D eigenvalue weighted by molar-refractivity contribution is 4.72. The van der Waals surface area contributed by atoms with Crippen molar-refractivity contribution < 1.29 is 4.74 Å². The molecule has 54 valence electrons. The Morgan fingerprint density at radius 2 is 2.22 bits per heavy atom. The van der Waals surface area contributed by atoms with Gasteiger partial charge in [-0.1, -0.05) is 6.92 Å². The van der Waals surface area contributed by atoms with E-state index in [0.29, 0.717) is 6.10 Å². The molecule has 1 aliphatic carbocycles. The molecule has 1 unspecified atom stereocenters. The molecule has 0 aromatic rings. The minimum absolute atomic E-state index is 0.477. The molecular weight excluding hydrogens is 112 g/mol. The Kier molecular flexibility index (Phi) is 2.52. The van der Waals surface area contributed by atoms with E-state index >= 15 is 0 Å². The standard InChI is InChI=1S/C8H16O/c1-3-7(2)9-6-8-4-5-8/h7-8H,3-6H2,1-2H3. The van der Waals surface area contributed by atoms with Crippen LogP contribution >= 0.6 is 0 Å². The number of hydrogen-bond donors (Lipinski definition) is 0. The van der Waals surface area contributed by atoms with Crippen LogP contribution in [-0.2, 0) is 4.74 Å². The lowest BCUT2D eigenvalue weighted by Gasteiger charge is -2.08. The zero-order valence-electron chi connectivity index (χ0n) is 6.39. The summed E-state index contributed by atoms with van der Waals surface area (Å²) in [5, 5.41) is 0. The summed E-state index contributed by atoms with van der Waals surface area (Å²) in [7, 11) is 0. The van der Waals surface area contributed by atoms with Crippen LogP contribution in [0.2, 0.25) is 0 Å². The van der Waals surface area contributed by atoms with Gasteiger partial charge in [-0.3, -0.25) is 0 Å². The smallest absolute Gasteiger partial charge is 0.0544 e. The Bertz CT molecular complexity index is 76.6. The van der Waals surface area contributed by atoms with E-state index in [2.05, 4.69) is 13.8 Å². The van der Waals surface area contributed by atoms with Gasteiger partial charge < -0.3 is 4.74 Å². The Hall–Kier alpha value is -0.0400. The van der Waals surface area contributed by atoms with Crippen molar-refractivity contribution in [2.24, 2.45) is 5.92 Å². The second-order valence-electron chi connectivity index (χ2n) is 3.00. The van der Waals surface area contributed by atoms with Crippen LogP contribution in [0.4, 0.5) is 0 Å². The highest BCUT2D eigenvalue weighted by Crippen LogP contribution is 2.29. The first-order chi connectivity index (χ1) is 4.33. The average Bonchev–Trinajstić information content (AvgIpc) is 2.65. The molecule has 0 amide bonds. The summed E-state index contributed by atoms with van der Waals surface area (Å²) in [6, 6.07) is 0. The molecule has 1 saturated carbocycles. The Balaban J connectivity index is 1.90. The van der Waals surface area contributed by atoms with Gasteiger partial charge >= 0.3 is 0 Å². The van der Waals surface area contributed by atoms with Crippen molar-refractivity contribution in [3.63, 3.8) is 0 Å². The van der Waals surface area contributed by atoms with Crippen molar-refractivity contribution in [2.75, 3.05) is 6.61 Å². The van der Waals surface area contributed by atoms with E-state index in [1.165, 1.54) is 12.8 Å². The van der Waals surface area contributed by atoms with Crippen LogP contribution in [0.3, 0.4) is 0 Å². The summed E-state index contributed by atoms with van der Waals surface area (Å²) < 4.78 is 5.52. The maximum Gasteiger partial charge on any atom is 0.0544 e. The molecule has 1 rings (SSSR count). The highest BCUT2D eigenvalue weighted by Gasteiger charge is 2.21. The fraction of sp³-hybridized carbons (Fsp3) is 1.00. The predicted molar refractivity (Wildman–Crippen MR) is 38.4 cm³/mol. The lowest BCUT2D eigenvalue weighted by Crippen LogP contribution is -2.08. The SMILES string of the molecule is CCC(C)OCC1CC1. The van der Waals surface area contributed by atoms with Gasteiger partial charge in [-0.2, -0.15) is 0 Å². The molecule has 0 spiro atoms. The minimum atomic E-state index is 0.477. The lowest BCUT2D eigenvalue weighted by atomic mass is 10.3. The van der Waals surface area contributed by atoms with Gasteiger partial charge in [0.1, 0.15) is 0 Å². The highest BCUT2D eigenvalue weighted by atomic mass is 16.5. The summed E-state index contributed by atoms with van der Waals surface area (Å²) in [5.41, 5.74) is 0. The number of hydrogen-bond acceptors (Lipinski definition) is 1. The first-order valence-corrected chi connectivity index (χ1v) is 3.94. The van der Waals surface area contributed by atoms with E-state index in [1.54, 1.807) is 0 Å². The maximum atomic E-state index is 5.52. The van der Waals surface area contributed by atoms with Crippen LogP contribution in [0.5, 0.6) is 0 Å². The summed E-state index contributed by atoms with van der Waals surface area (Å²) in [4.78, 5) is 0. The molecular formula is C8H16O. The largest absolute Gasteiger partial charge is 0.378 e. The van der Waals surface area contributed by atoms with Crippen LogP contribution < -0.4 is 0 Å². The molecule has 9 heavy (non-hydrogen) atoms. The molecule has 1 heteroatoms. The molecule has 0 heterocycles. The van der Waals surface area contributed by atoms with Crippen LogP contribution in [0.15, 0.2) is 0 Å². The van der Waals surface area contributed by atoms with Crippen molar-refractivity contribution in [3.8, 4) is 0 Å². The zero-order valence-corrected chi connectivity index (χ0v) is 6.39. The second kappa shape index (κ2) is 3.21. The summed E-state index contributed by atoms with van der Waals surface area (Å²) in [6.45, 7) is 5.31. The Labute approximate surface area is 57.4 Å². The van der Waals surface area contributed by atoms with Crippen LogP contribution in [0, 0.1) is 5.92 Å². The van der Waals surface area contributed by atoms with Crippen molar-refractivity contribution in [2.45, 2.75) is 39.2 Å². The molecule has 1 nitrogen and oxygen atoms in total. The molecule has 0 bridgehead atoms. The van der Waals surface area contributed by atoms with Gasteiger partial charge in [-0.15, -0.1) is 0 Å². The first-order valence-electron chi connectivity index (χ1n) is 3.94. The molecule has 0 radical (unpaired) electrons. The van der Waals surface area contributed by atoms with Crippen LogP contribution in [-0.4, -0.2) is 12.7 Å². The molecule has 1 fully saturated rings. The molecule has 1 atom stereocenters. The predicted octanol–water partition coefficient (Wildman–Crippen LogP) is 2.21. The monoisotopic (exact) mass is 128 g/mol. The maximum absolute atomic E-state index is 5.52. The van der Waals surface area contributed by atoms with Crippen molar-refractivity contribution in [1.29, 1.82) is 0 Å². The fourth-order valence-corrected chi connectivity index (χ4v) is 0.703. The van der Waals surface area contributed by atoms with E-state index < -0.39 is 0 Å². The summed E-state index contributed by atoms with van der Waals surface area (Å²) >= 11 is 0. The Morgan fingerprint density at radius 3 is 2.67 bits per heavy atom. The van der Waals surface area contributed by atoms with Gasteiger partial charge in [0.05, 0.1) is 6.10 Å². The third-order valence-corrected chi connectivity index (χ3v) is 1.89. The zero-order chi connectivity index (χ0) is 6.69. The normalized spacial score (nSPS) is 22.0. The second-order valence-corrected chi connectivity index (χ2v) is 3.00. The number of rotatable bonds is 4. The molecule has 0 aliphatic heterocycles. The van der Waals surface area contributed by atoms with Gasteiger partial charge in [-0.25, -0.2) is 0 Å². The minimum Gasteiger partial charge on any atom is -0.378 e. The van der Waals surface area contributed by atoms with Gasteiger partial charge in [0.15, 0.2) is 0 Å². The quantitative estimate of drug-likeness (QED) is 0.564. The topological polar surface area (TPSA) is 9.23 Å². The van der Waals surface area contributed by atoms with Crippen molar-refractivity contribution in [3.05, 3.63) is 0 Å². The van der Waals surface area contributed by atoms with Gasteiger partial charge in [0.2, 0.25) is 0 Å². The summed E-state index contributed by atoms with van der Waals surface area (Å²) in [6.07, 6.45) is 4.42. The average molecular weight is 128 g/mol. The van der Waals surface area contributed by atoms with Crippen LogP contribution in [0.25, 0.3) is 0 Å². The van der Waals surface area contributed by atoms with E-state index in [-0.39, 0.29) is 0 Å². The van der Waals surface area contributed by atoms with Gasteiger partial charge in [0.25, 0.3) is 0 Å². The molecule has 0 saturated heterocycles. The van der Waals surface area contributed by atoms with Gasteiger partial charge in [-0.05, 0) is 32.1 Å². The van der Waals surface area contributed by atoms with Crippen LogP contribution in [0.1, 0.15) is 33.1 Å². The molecule has 0 aromatic carbocycles. The third kappa shape index (κ3) is 2.85. The van der Waals surface area contributed by atoms with E-state index in [0.717, 1.165) is 18.9 Å². The van der Waals surface area contributed by atoms with E-state index in [9.17, 15) is 0 Å².